The number of rotatable bonds is 4. The van der Waals surface area contributed by atoms with Crippen LogP contribution in [-0.2, 0) is 0 Å². The first-order valence-corrected chi connectivity index (χ1v) is 4.84. The molecule has 1 nitrogen and oxygen atoms in total. The van der Waals surface area contributed by atoms with E-state index in [1.54, 1.807) is 6.07 Å². The van der Waals surface area contributed by atoms with Crippen LogP contribution in [0.3, 0.4) is 0 Å². The maximum Gasteiger partial charge on any atom is 0.138 e. The Bertz CT molecular complexity index is 284. The van der Waals surface area contributed by atoms with Crippen LogP contribution in [-0.4, -0.2) is 12.5 Å². The highest BCUT2D eigenvalue weighted by atomic mass is 35.5. The number of hydrogen-bond donors (Lipinski definition) is 0. The quantitative estimate of drug-likeness (QED) is 0.553. The van der Waals surface area contributed by atoms with Gasteiger partial charge >= 0.3 is 0 Å². The largest absolute Gasteiger partial charge is 0.488 e. The third-order valence-electron chi connectivity index (χ3n) is 1.43. The normalized spacial score (nSPS) is 10.6. The maximum atomic E-state index is 5.86. The predicted molar refractivity (Wildman–Crippen MR) is 56.8 cm³/mol. The molecule has 0 amide bonds. The Morgan fingerprint density at radius 2 is 2.00 bits per heavy atom. The van der Waals surface area contributed by atoms with Crippen molar-refractivity contribution >= 4 is 23.2 Å². The van der Waals surface area contributed by atoms with E-state index < -0.39 is 0 Å². The van der Waals surface area contributed by atoms with E-state index in [0.717, 1.165) is 0 Å². The number of alkyl halides is 1. The van der Waals surface area contributed by atoms with Gasteiger partial charge in [0.1, 0.15) is 12.4 Å². The molecule has 3 heteroatoms. The van der Waals surface area contributed by atoms with Gasteiger partial charge in [0.25, 0.3) is 0 Å². The van der Waals surface area contributed by atoms with Crippen molar-refractivity contribution in [3.63, 3.8) is 0 Å². The monoisotopic (exact) mass is 216 g/mol. The molecule has 0 saturated carbocycles. The minimum atomic E-state index is 0.496. The lowest BCUT2D eigenvalue weighted by molar-refractivity contribution is 0.363. The molecule has 0 aliphatic carbocycles. The van der Waals surface area contributed by atoms with Crippen LogP contribution in [0.25, 0.3) is 0 Å². The van der Waals surface area contributed by atoms with Crippen molar-refractivity contribution in [3.8, 4) is 5.75 Å². The lowest BCUT2D eigenvalue weighted by Gasteiger charge is -2.03. The Kier molecular flexibility index (Phi) is 4.73. The zero-order valence-corrected chi connectivity index (χ0v) is 8.55. The van der Waals surface area contributed by atoms with Crippen LogP contribution in [0, 0.1) is 0 Å². The van der Waals surface area contributed by atoms with Crippen LogP contribution < -0.4 is 4.74 Å². The minimum absolute atomic E-state index is 0.496. The molecule has 1 aromatic rings. The smallest absolute Gasteiger partial charge is 0.138 e. The van der Waals surface area contributed by atoms with Gasteiger partial charge in [-0.25, -0.2) is 0 Å². The summed E-state index contributed by atoms with van der Waals surface area (Å²) in [5.74, 6) is 1.20. The average Bonchev–Trinajstić information content (AvgIpc) is 2.15. The molecular formula is C10H10Cl2O. The first-order valence-electron chi connectivity index (χ1n) is 3.93. The van der Waals surface area contributed by atoms with Gasteiger partial charge in [-0.15, -0.1) is 11.6 Å². The van der Waals surface area contributed by atoms with Crippen LogP contribution in [0.15, 0.2) is 36.4 Å². The molecule has 0 N–H and O–H groups in total. The fraction of sp³-hybridized carbons (Fsp3) is 0.200. The zero-order valence-electron chi connectivity index (χ0n) is 7.04. The number of halogens is 2. The van der Waals surface area contributed by atoms with Gasteiger partial charge in [-0.1, -0.05) is 35.9 Å². The number of ether oxygens (including phenoxy) is 1. The highest BCUT2D eigenvalue weighted by Gasteiger charge is 1.96. The Labute approximate surface area is 87.9 Å². The summed E-state index contributed by atoms with van der Waals surface area (Å²) in [5.41, 5.74) is 0. The van der Waals surface area contributed by atoms with Crippen molar-refractivity contribution in [1.82, 2.24) is 0 Å². The molecule has 0 aromatic heterocycles. The molecule has 0 saturated heterocycles. The van der Waals surface area contributed by atoms with Crippen molar-refractivity contribution in [1.29, 1.82) is 0 Å². The van der Waals surface area contributed by atoms with Crippen molar-refractivity contribution in [2.24, 2.45) is 0 Å². The summed E-state index contributed by atoms with van der Waals surface area (Å²) in [6, 6.07) is 7.37. The second kappa shape index (κ2) is 5.90. The molecule has 1 rings (SSSR count). The average molecular weight is 217 g/mol. The van der Waals surface area contributed by atoms with Gasteiger partial charge in [-0.05, 0) is 12.1 Å². The van der Waals surface area contributed by atoms with Crippen molar-refractivity contribution in [2.75, 3.05) is 12.5 Å². The summed E-state index contributed by atoms with van der Waals surface area (Å²) in [4.78, 5) is 0. The molecule has 0 bridgehead atoms. The Hall–Kier alpha value is -0.660. The molecule has 0 atom stereocenters. The molecular weight excluding hydrogens is 207 g/mol. The molecule has 0 radical (unpaired) electrons. The van der Waals surface area contributed by atoms with E-state index in [-0.39, 0.29) is 0 Å². The lowest BCUT2D eigenvalue weighted by Crippen LogP contribution is -1.93. The molecule has 13 heavy (non-hydrogen) atoms. The number of para-hydroxylation sites is 1. The van der Waals surface area contributed by atoms with E-state index in [2.05, 4.69) is 0 Å². The molecule has 0 fully saturated rings. The molecule has 0 aliphatic rings. The summed E-state index contributed by atoms with van der Waals surface area (Å²) in [5, 5.41) is 0.627. The summed E-state index contributed by atoms with van der Waals surface area (Å²) < 4.78 is 5.36. The van der Waals surface area contributed by atoms with Crippen molar-refractivity contribution in [3.05, 3.63) is 41.4 Å². The Morgan fingerprint density at radius 3 is 2.69 bits per heavy atom. The van der Waals surface area contributed by atoms with E-state index in [1.807, 2.05) is 30.4 Å². The summed E-state index contributed by atoms with van der Waals surface area (Å²) in [6.07, 6.45) is 3.69. The SMILES string of the molecule is ClCC=CCOc1ccccc1Cl. The summed E-state index contributed by atoms with van der Waals surface area (Å²) >= 11 is 11.3. The minimum Gasteiger partial charge on any atom is -0.488 e. The fourth-order valence-corrected chi connectivity index (χ4v) is 1.15. The van der Waals surface area contributed by atoms with Gasteiger partial charge in [-0.2, -0.15) is 0 Å². The molecule has 0 spiro atoms. The molecule has 0 unspecified atom stereocenters. The topological polar surface area (TPSA) is 9.23 Å². The second-order valence-corrected chi connectivity index (χ2v) is 3.08. The van der Waals surface area contributed by atoms with Gasteiger partial charge in [0, 0.05) is 5.88 Å². The van der Waals surface area contributed by atoms with Crippen LogP contribution >= 0.6 is 23.2 Å². The standard InChI is InChI=1S/C10H10Cl2O/c11-7-3-4-8-13-10-6-2-1-5-9(10)12/h1-6H,7-8H2. The highest BCUT2D eigenvalue weighted by molar-refractivity contribution is 6.32. The summed E-state index contributed by atoms with van der Waals surface area (Å²) in [7, 11) is 0. The second-order valence-electron chi connectivity index (χ2n) is 2.37. The predicted octanol–water partition coefficient (Wildman–Crippen LogP) is 3.51. The third-order valence-corrected chi connectivity index (χ3v) is 1.92. The van der Waals surface area contributed by atoms with Crippen LogP contribution in [0.2, 0.25) is 5.02 Å². The van der Waals surface area contributed by atoms with Crippen LogP contribution in [0.4, 0.5) is 0 Å². The van der Waals surface area contributed by atoms with E-state index >= 15 is 0 Å². The molecule has 1 aromatic carbocycles. The Balaban J connectivity index is 2.45. The van der Waals surface area contributed by atoms with Gasteiger partial charge in [-0.3, -0.25) is 0 Å². The van der Waals surface area contributed by atoms with E-state index in [4.69, 9.17) is 27.9 Å². The van der Waals surface area contributed by atoms with Crippen molar-refractivity contribution < 1.29 is 4.74 Å². The lowest BCUT2D eigenvalue weighted by atomic mass is 10.3. The fourth-order valence-electron chi connectivity index (χ4n) is 0.831. The molecule has 0 heterocycles. The van der Waals surface area contributed by atoms with Crippen molar-refractivity contribution in [2.45, 2.75) is 0 Å². The van der Waals surface area contributed by atoms with Gasteiger partial charge < -0.3 is 4.74 Å². The maximum absolute atomic E-state index is 5.86. The van der Waals surface area contributed by atoms with Gasteiger partial charge in [0.2, 0.25) is 0 Å². The van der Waals surface area contributed by atoms with Crippen LogP contribution in [0.1, 0.15) is 0 Å². The zero-order chi connectivity index (χ0) is 9.52. The van der Waals surface area contributed by atoms with Crippen LogP contribution in [0.5, 0.6) is 5.75 Å². The number of allylic oxidation sites excluding steroid dienone is 1. The molecule has 0 aliphatic heterocycles. The van der Waals surface area contributed by atoms with Gasteiger partial charge in [0.05, 0.1) is 5.02 Å². The molecule has 70 valence electrons. The van der Waals surface area contributed by atoms with Gasteiger partial charge in [0.15, 0.2) is 0 Å². The van der Waals surface area contributed by atoms with E-state index in [9.17, 15) is 0 Å². The van der Waals surface area contributed by atoms with E-state index in [1.165, 1.54) is 0 Å². The van der Waals surface area contributed by atoms with E-state index in [0.29, 0.717) is 23.3 Å². The Morgan fingerprint density at radius 1 is 1.23 bits per heavy atom. The number of hydrogen-bond acceptors (Lipinski definition) is 1. The third kappa shape index (κ3) is 3.71. The first-order chi connectivity index (χ1) is 6.34. The summed E-state index contributed by atoms with van der Waals surface area (Å²) in [6.45, 7) is 0.496. The first kappa shape index (κ1) is 10.4. The number of benzene rings is 1. The highest BCUT2D eigenvalue weighted by Crippen LogP contribution is 2.22.